The van der Waals surface area contributed by atoms with Crippen LogP contribution in [-0.4, -0.2) is 4.98 Å². The number of anilines is 1. The molecular formula is C6H6ClFN2. The number of hydrogen-bond donors (Lipinski definition) is 1. The largest absolute Gasteiger partial charge is 0.383 e. The molecule has 0 unspecified atom stereocenters. The van der Waals surface area contributed by atoms with Crippen LogP contribution in [0.5, 0.6) is 0 Å². The van der Waals surface area contributed by atoms with Crippen LogP contribution in [0.2, 0.25) is 5.02 Å². The van der Waals surface area contributed by atoms with Gasteiger partial charge in [0.25, 0.3) is 0 Å². The van der Waals surface area contributed by atoms with E-state index in [1.54, 1.807) is 0 Å². The van der Waals surface area contributed by atoms with E-state index in [2.05, 4.69) is 4.98 Å². The summed E-state index contributed by atoms with van der Waals surface area (Å²) < 4.78 is 12.7. The summed E-state index contributed by atoms with van der Waals surface area (Å²) in [5, 5.41) is 0.00620. The summed E-state index contributed by atoms with van der Waals surface area (Å²) in [6.45, 7) is 1.53. The van der Waals surface area contributed by atoms with Crippen molar-refractivity contribution in [3.8, 4) is 0 Å². The molecule has 10 heavy (non-hydrogen) atoms. The second kappa shape index (κ2) is 2.42. The molecule has 0 radical (unpaired) electrons. The number of nitrogens with zero attached hydrogens (tertiary/aromatic N) is 1. The van der Waals surface area contributed by atoms with Crippen LogP contribution in [0.15, 0.2) is 6.20 Å². The molecule has 0 spiro atoms. The highest BCUT2D eigenvalue weighted by Crippen LogP contribution is 2.19. The number of pyridine rings is 1. The second-order valence-corrected chi connectivity index (χ2v) is 2.34. The van der Waals surface area contributed by atoms with E-state index in [1.807, 2.05) is 0 Å². The van der Waals surface area contributed by atoms with E-state index in [0.29, 0.717) is 5.56 Å². The minimum atomic E-state index is -0.492. The fourth-order valence-corrected chi connectivity index (χ4v) is 0.762. The SMILES string of the molecule is Cc1c(N)ncc(Cl)c1F. The van der Waals surface area contributed by atoms with Crippen molar-refractivity contribution in [1.82, 2.24) is 4.98 Å². The summed E-state index contributed by atoms with van der Waals surface area (Å²) in [6, 6.07) is 0. The highest BCUT2D eigenvalue weighted by atomic mass is 35.5. The Morgan fingerprint density at radius 1 is 1.70 bits per heavy atom. The second-order valence-electron chi connectivity index (χ2n) is 1.93. The van der Waals surface area contributed by atoms with E-state index < -0.39 is 5.82 Å². The number of nitrogen functional groups attached to an aromatic ring is 1. The van der Waals surface area contributed by atoms with Gasteiger partial charge in [-0.1, -0.05) is 11.6 Å². The Morgan fingerprint density at radius 3 is 2.80 bits per heavy atom. The minimum absolute atomic E-state index is 0.00620. The summed E-state index contributed by atoms with van der Waals surface area (Å²) in [6.07, 6.45) is 1.19. The molecule has 2 nitrogen and oxygen atoms in total. The van der Waals surface area contributed by atoms with Gasteiger partial charge >= 0.3 is 0 Å². The van der Waals surface area contributed by atoms with E-state index in [1.165, 1.54) is 13.1 Å². The maximum absolute atomic E-state index is 12.7. The first-order chi connectivity index (χ1) is 4.63. The van der Waals surface area contributed by atoms with Crippen molar-refractivity contribution in [3.05, 3.63) is 22.6 Å². The molecule has 0 aromatic carbocycles. The molecule has 1 heterocycles. The molecule has 0 amide bonds. The monoisotopic (exact) mass is 160 g/mol. The lowest BCUT2D eigenvalue weighted by molar-refractivity contribution is 0.617. The van der Waals surface area contributed by atoms with Gasteiger partial charge in [-0.3, -0.25) is 0 Å². The van der Waals surface area contributed by atoms with Gasteiger partial charge in [-0.05, 0) is 6.92 Å². The molecule has 0 aliphatic carbocycles. The average Bonchev–Trinajstić information content (AvgIpc) is 1.93. The quantitative estimate of drug-likeness (QED) is 0.628. The van der Waals surface area contributed by atoms with Gasteiger partial charge in [0.2, 0.25) is 0 Å². The van der Waals surface area contributed by atoms with Crippen LogP contribution in [0.1, 0.15) is 5.56 Å². The molecule has 0 atom stereocenters. The zero-order chi connectivity index (χ0) is 7.72. The third-order valence-electron chi connectivity index (χ3n) is 1.24. The average molecular weight is 161 g/mol. The van der Waals surface area contributed by atoms with Gasteiger partial charge in [-0.2, -0.15) is 0 Å². The fraction of sp³-hybridized carbons (Fsp3) is 0.167. The van der Waals surface area contributed by atoms with Crippen LogP contribution in [0, 0.1) is 12.7 Å². The number of rotatable bonds is 0. The van der Waals surface area contributed by atoms with Crippen LogP contribution in [-0.2, 0) is 0 Å². The van der Waals surface area contributed by atoms with Gasteiger partial charge in [0.05, 0.1) is 11.2 Å². The van der Waals surface area contributed by atoms with E-state index in [-0.39, 0.29) is 10.8 Å². The van der Waals surface area contributed by atoms with Gasteiger partial charge < -0.3 is 5.73 Å². The number of aromatic nitrogens is 1. The van der Waals surface area contributed by atoms with Crippen LogP contribution < -0.4 is 5.73 Å². The molecule has 2 N–H and O–H groups in total. The zero-order valence-electron chi connectivity index (χ0n) is 5.36. The van der Waals surface area contributed by atoms with Crippen molar-refractivity contribution < 1.29 is 4.39 Å². The van der Waals surface area contributed by atoms with Crippen molar-refractivity contribution in [3.63, 3.8) is 0 Å². The molecule has 4 heteroatoms. The molecule has 1 aromatic heterocycles. The van der Waals surface area contributed by atoms with Crippen molar-refractivity contribution >= 4 is 17.4 Å². The standard InChI is InChI=1S/C6H6ClFN2/c1-3-5(8)4(7)2-10-6(3)9/h2H,1H3,(H2,9,10). The van der Waals surface area contributed by atoms with Crippen molar-refractivity contribution in [1.29, 1.82) is 0 Å². The Kier molecular flexibility index (Phi) is 1.76. The van der Waals surface area contributed by atoms with Crippen molar-refractivity contribution in [2.45, 2.75) is 6.92 Å². The van der Waals surface area contributed by atoms with E-state index in [9.17, 15) is 4.39 Å². The molecule has 1 aromatic rings. The van der Waals surface area contributed by atoms with Gasteiger partial charge in [0.15, 0.2) is 0 Å². The normalized spacial score (nSPS) is 9.90. The lowest BCUT2D eigenvalue weighted by Gasteiger charge is -1.99. The highest BCUT2D eigenvalue weighted by Gasteiger charge is 2.05. The number of hydrogen-bond acceptors (Lipinski definition) is 2. The first kappa shape index (κ1) is 7.28. The summed E-state index contributed by atoms with van der Waals surface area (Å²) >= 11 is 5.39. The van der Waals surface area contributed by atoms with Gasteiger partial charge in [0, 0.05) is 5.56 Å². The van der Waals surface area contributed by atoms with Crippen molar-refractivity contribution in [2.24, 2.45) is 0 Å². The van der Waals surface area contributed by atoms with Gasteiger partial charge in [-0.15, -0.1) is 0 Å². The maximum Gasteiger partial charge on any atom is 0.149 e. The Hall–Kier alpha value is -0.830. The van der Waals surface area contributed by atoms with Crippen LogP contribution >= 0.6 is 11.6 Å². The van der Waals surface area contributed by atoms with E-state index >= 15 is 0 Å². The van der Waals surface area contributed by atoms with Crippen LogP contribution in [0.4, 0.5) is 10.2 Å². The Morgan fingerprint density at radius 2 is 2.30 bits per heavy atom. The minimum Gasteiger partial charge on any atom is -0.383 e. The third-order valence-corrected chi connectivity index (χ3v) is 1.50. The molecule has 0 saturated heterocycles. The number of nitrogens with two attached hydrogens (primary N) is 1. The predicted molar refractivity (Wildman–Crippen MR) is 38.4 cm³/mol. The smallest absolute Gasteiger partial charge is 0.149 e. The molecule has 0 bridgehead atoms. The first-order valence-electron chi connectivity index (χ1n) is 2.69. The molecule has 0 fully saturated rings. The highest BCUT2D eigenvalue weighted by molar-refractivity contribution is 6.30. The summed E-state index contributed by atoms with van der Waals surface area (Å²) in [5.74, 6) is -0.309. The van der Waals surface area contributed by atoms with Gasteiger partial charge in [0.1, 0.15) is 11.6 Å². The Bertz CT molecular complexity index is 235. The molecule has 1 rings (SSSR count). The first-order valence-corrected chi connectivity index (χ1v) is 3.07. The summed E-state index contributed by atoms with van der Waals surface area (Å²) in [5.41, 5.74) is 5.58. The Labute approximate surface area is 62.8 Å². The summed E-state index contributed by atoms with van der Waals surface area (Å²) in [7, 11) is 0. The lowest BCUT2D eigenvalue weighted by Crippen LogP contribution is -1.96. The lowest BCUT2D eigenvalue weighted by atomic mass is 10.3. The molecule has 54 valence electrons. The molecule has 0 aliphatic rings. The van der Waals surface area contributed by atoms with Gasteiger partial charge in [-0.25, -0.2) is 9.37 Å². The van der Waals surface area contributed by atoms with E-state index in [4.69, 9.17) is 17.3 Å². The molecular weight excluding hydrogens is 155 g/mol. The maximum atomic E-state index is 12.7. The zero-order valence-corrected chi connectivity index (χ0v) is 6.11. The van der Waals surface area contributed by atoms with Crippen molar-refractivity contribution in [2.75, 3.05) is 5.73 Å². The third kappa shape index (κ3) is 1.04. The topological polar surface area (TPSA) is 38.9 Å². The molecule has 0 aliphatic heterocycles. The summed E-state index contributed by atoms with van der Waals surface area (Å²) in [4.78, 5) is 3.64. The fourth-order valence-electron chi connectivity index (χ4n) is 0.571. The predicted octanol–water partition coefficient (Wildman–Crippen LogP) is 1.76. The van der Waals surface area contributed by atoms with E-state index in [0.717, 1.165) is 0 Å². The number of halogens is 2. The van der Waals surface area contributed by atoms with Crippen LogP contribution in [0.3, 0.4) is 0 Å². The molecule has 0 saturated carbocycles. The Balaban J connectivity index is 3.34. The van der Waals surface area contributed by atoms with Crippen LogP contribution in [0.25, 0.3) is 0 Å².